The number of benzene rings is 2. The van der Waals surface area contributed by atoms with Crippen molar-refractivity contribution in [3.63, 3.8) is 0 Å². The predicted octanol–water partition coefficient (Wildman–Crippen LogP) is 3.57. The first-order valence-corrected chi connectivity index (χ1v) is 8.09. The van der Waals surface area contributed by atoms with Crippen molar-refractivity contribution < 1.29 is 0 Å². The summed E-state index contributed by atoms with van der Waals surface area (Å²) < 4.78 is 2.02. The van der Waals surface area contributed by atoms with Crippen LogP contribution in [0.25, 0.3) is 27.4 Å². The Hall–Kier alpha value is -2.64. The quantitative estimate of drug-likeness (QED) is 0.568. The Bertz CT molecular complexity index is 1110. The Labute approximate surface area is 139 Å². The summed E-state index contributed by atoms with van der Waals surface area (Å²) in [6.07, 6.45) is 0. The molecule has 0 radical (unpaired) electrons. The molecule has 0 aliphatic rings. The zero-order chi connectivity index (χ0) is 15.8. The third kappa shape index (κ3) is 2.39. The van der Waals surface area contributed by atoms with Gasteiger partial charge in [0.2, 0.25) is 5.13 Å². The Morgan fingerprint density at radius 3 is 2.52 bits per heavy atom. The fourth-order valence-corrected chi connectivity index (χ4v) is 3.29. The van der Waals surface area contributed by atoms with Gasteiger partial charge >= 0.3 is 0 Å². The van der Waals surface area contributed by atoms with Crippen molar-refractivity contribution in [2.75, 3.05) is 0 Å². The van der Waals surface area contributed by atoms with E-state index in [-0.39, 0.29) is 5.56 Å². The van der Waals surface area contributed by atoms with Gasteiger partial charge in [-0.05, 0) is 24.4 Å². The molecule has 0 aliphatic heterocycles. The van der Waals surface area contributed by atoms with Crippen LogP contribution in [0.3, 0.4) is 0 Å². The number of fused-ring (bicyclic) bond motifs is 1. The molecule has 5 nitrogen and oxygen atoms in total. The van der Waals surface area contributed by atoms with Gasteiger partial charge in [-0.15, -0.1) is 5.10 Å². The average molecular weight is 338 g/mol. The van der Waals surface area contributed by atoms with Gasteiger partial charge < -0.3 is 0 Å². The molecule has 4 rings (SSSR count). The standard InChI is InChI=1S/C16H10N4OS2/c21-14-11-8-4-5-9-12(11)17-13(10-6-2-1-3-7-10)20(14)15-18-19-16(22)23-15/h1-9H,(H,19,22). The summed E-state index contributed by atoms with van der Waals surface area (Å²) in [5, 5.41) is 7.90. The average Bonchev–Trinajstić information content (AvgIpc) is 3.01. The second-order valence-corrected chi connectivity index (χ2v) is 6.50. The number of aromatic amines is 1. The SMILES string of the molecule is O=c1c2ccccc2nc(-c2ccccc2)n1-c1n[nH]c(=S)s1. The van der Waals surface area contributed by atoms with Gasteiger partial charge in [-0.3, -0.25) is 9.89 Å². The maximum absolute atomic E-state index is 13.0. The summed E-state index contributed by atoms with van der Waals surface area (Å²) >= 11 is 6.34. The summed E-state index contributed by atoms with van der Waals surface area (Å²) in [6.45, 7) is 0. The molecule has 0 fully saturated rings. The number of H-pyrrole nitrogens is 1. The van der Waals surface area contributed by atoms with Gasteiger partial charge in [-0.2, -0.15) is 0 Å². The summed E-state index contributed by atoms with van der Waals surface area (Å²) in [4.78, 5) is 17.6. The predicted molar refractivity (Wildman–Crippen MR) is 93.6 cm³/mol. The number of para-hydroxylation sites is 1. The van der Waals surface area contributed by atoms with Crippen LogP contribution in [0.15, 0.2) is 59.4 Å². The molecule has 0 bridgehead atoms. The van der Waals surface area contributed by atoms with E-state index in [2.05, 4.69) is 15.2 Å². The number of nitrogens with one attached hydrogen (secondary N) is 1. The van der Waals surface area contributed by atoms with Crippen LogP contribution in [0.2, 0.25) is 0 Å². The molecular weight excluding hydrogens is 328 g/mol. The Balaban J connectivity index is 2.15. The number of hydrogen-bond donors (Lipinski definition) is 1. The van der Waals surface area contributed by atoms with Gasteiger partial charge in [-0.1, -0.05) is 53.8 Å². The van der Waals surface area contributed by atoms with Crippen molar-refractivity contribution in [1.82, 2.24) is 19.7 Å². The van der Waals surface area contributed by atoms with Gasteiger partial charge in [0.15, 0.2) is 3.95 Å². The first kappa shape index (κ1) is 14.0. The molecule has 0 saturated heterocycles. The second kappa shape index (κ2) is 5.53. The van der Waals surface area contributed by atoms with Crippen molar-refractivity contribution >= 4 is 34.5 Å². The number of nitrogens with zero attached hydrogens (tertiary/aromatic N) is 3. The molecule has 2 aromatic heterocycles. The first-order valence-electron chi connectivity index (χ1n) is 6.87. The third-order valence-electron chi connectivity index (χ3n) is 3.43. The Morgan fingerprint density at radius 1 is 1.04 bits per heavy atom. The zero-order valence-electron chi connectivity index (χ0n) is 11.8. The van der Waals surface area contributed by atoms with Crippen molar-refractivity contribution in [2.24, 2.45) is 0 Å². The lowest BCUT2D eigenvalue weighted by atomic mass is 10.2. The van der Waals surface area contributed by atoms with Gasteiger partial charge in [0.1, 0.15) is 5.82 Å². The zero-order valence-corrected chi connectivity index (χ0v) is 13.4. The van der Waals surface area contributed by atoms with Crippen LogP contribution in [0.5, 0.6) is 0 Å². The summed E-state index contributed by atoms with van der Waals surface area (Å²) in [5.41, 5.74) is 1.34. The van der Waals surface area contributed by atoms with Gasteiger partial charge in [0.05, 0.1) is 10.9 Å². The molecule has 0 saturated carbocycles. The summed E-state index contributed by atoms with van der Waals surface area (Å²) in [5.74, 6) is 0.548. The maximum atomic E-state index is 13.0. The van der Waals surface area contributed by atoms with Crippen LogP contribution in [0, 0.1) is 3.95 Å². The van der Waals surface area contributed by atoms with Crippen molar-refractivity contribution in [2.45, 2.75) is 0 Å². The van der Waals surface area contributed by atoms with Crippen molar-refractivity contribution in [1.29, 1.82) is 0 Å². The number of rotatable bonds is 2. The van der Waals surface area contributed by atoms with Gasteiger partial charge in [-0.25, -0.2) is 9.55 Å². The minimum Gasteiger partial charge on any atom is -0.268 e. The molecule has 1 N–H and O–H groups in total. The van der Waals surface area contributed by atoms with E-state index in [1.54, 1.807) is 6.07 Å². The van der Waals surface area contributed by atoms with Crippen LogP contribution in [-0.4, -0.2) is 19.7 Å². The van der Waals surface area contributed by atoms with Gasteiger partial charge in [0, 0.05) is 5.56 Å². The highest BCUT2D eigenvalue weighted by molar-refractivity contribution is 7.73. The highest BCUT2D eigenvalue weighted by Gasteiger charge is 2.16. The number of aromatic nitrogens is 4. The number of hydrogen-bond acceptors (Lipinski definition) is 5. The van der Waals surface area contributed by atoms with E-state index in [9.17, 15) is 4.79 Å². The minimum atomic E-state index is -0.160. The van der Waals surface area contributed by atoms with Crippen LogP contribution in [0.4, 0.5) is 0 Å². The smallest absolute Gasteiger partial charge is 0.268 e. The largest absolute Gasteiger partial charge is 0.268 e. The summed E-state index contributed by atoms with van der Waals surface area (Å²) in [7, 11) is 0. The molecule has 0 amide bonds. The summed E-state index contributed by atoms with van der Waals surface area (Å²) in [6, 6.07) is 16.9. The molecule has 2 heterocycles. The van der Waals surface area contributed by atoms with Crippen LogP contribution >= 0.6 is 23.6 Å². The molecule has 2 aromatic carbocycles. The molecule has 7 heteroatoms. The van der Waals surface area contributed by atoms with E-state index in [0.717, 1.165) is 5.56 Å². The topological polar surface area (TPSA) is 63.6 Å². The van der Waals surface area contributed by atoms with Crippen LogP contribution in [0.1, 0.15) is 0 Å². The lowest BCUT2D eigenvalue weighted by molar-refractivity contribution is 0.918. The third-order valence-corrected chi connectivity index (χ3v) is 4.50. The van der Waals surface area contributed by atoms with Crippen LogP contribution < -0.4 is 5.56 Å². The van der Waals surface area contributed by atoms with Gasteiger partial charge in [0.25, 0.3) is 5.56 Å². The van der Waals surface area contributed by atoms with E-state index in [0.29, 0.717) is 25.8 Å². The molecule has 0 aliphatic carbocycles. The Kier molecular flexibility index (Phi) is 3.36. The molecule has 0 unspecified atom stereocenters. The fourth-order valence-electron chi connectivity index (χ4n) is 2.41. The Morgan fingerprint density at radius 2 is 1.78 bits per heavy atom. The van der Waals surface area contributed by atoms with E-state index in [1.165, 1.54) is 15.9 Å². The van der Waals surface area contributed by atoms with E-state index >= 15 is 0 Å². The fraction of sp³-hybridized carbons (Fsp3) is 0. The van der Waals surface area contributed by atoms with E-state index in [1.807, 2.05) is 48.5 Å². The highest BCUT2D eigenvalue weighted by atomic mass is 32.1. The van der Waals surface area contributed by atoms with Crippen LogP contribution in [-0.2, 0) is 0 Å². The lowest BCUT2D eigenvalue weighted by Gasteiger charge is -2.10. The lowest BCUT2D eigenvalue weighted by Crippen LogP contribution is -2.21. The molecule has 112 valence electrons. The maximum Gasteiger partial charge on any atom is 0.268 e. The van der Waals surface area contributed by atoms with Crippen molar-refractivity contribution in [3.8, 4) is 16.5 Å². The van der Waals surface area contributed by atoms with Crippen molar-refractivity contribution in [3.05, 3.63) is 68.9 Å². The normalized spacial score (nSPS) is 11.0. The second-order valence-electron chi connectivity index (χ2n) is 4.85. The minimum absolute atomic E-state index is 0.160. The first-order chi connectivity index (χ1) is 11.2. The molecule has 23 heavy (non-hydrogen) atoms. The molecular formula is C16H10N4OS2. The highest BCUT2D eigenvalue weighted by Crippen LogP contribution is 2.22. The molecule has 0 spiro atoms. The molecule has 4 aromatic rings. The molecule has 0 atom stereocenters. The van der Waals surface area contributed by atoms with E-state index < -0.39 is 0 Å². The van der Waals surface area contributed by atoms with E-state index in [4.69, 9.17) is 12.2 Å². The monoisotopic (exact) mass is 338 g/mol.